The van der Waals surface area contributed by atoms with Crippen LogP contribution in [0.25, 0.3) is 33.2 Å². The molecule has 2 amide bonds. The van der Waals surface area contributed by atoms with E-state index in [4.69, 9.17) is 5.73 Å². The Bertz CT molecular complexity index is 1220. The predicted octanol–water partition coefficient (Wildman–Crippen LogP) is 3.84. The number of carbonyl (C=O) groups is 2. The topological polar surface area (TPSA) is 92.1 Å². The minimum absolute atomic E-state index is 0.130. The first-order valence-corrected chi connectivity index (χ1v) is 9.69. The van der Waals surface area contributed by atoms with Crippen LogP contribution in [-0.4, -0.2) is 40.5 Å². The molecule has 0 radical (unpaired) electrons. The number of fused-ring (bicyclic) bond motifs is 1. The van der Waals surface area contributed by atoms with Crippen LogP contribution in [0.1, 0.15) is 16.8 Å². The zero-order valence-electron chi connectivity index (χ0n) is 16.6. The SMILES string of the molecule is CN(CCC(N)=O)C(=O)c1ccc2cc(-c3cccc(-c4ccn[nH]4)c3)ccc2c1. The van der Waals surface area contributed by atoms with Gasteiger partial charge in [-0.25, -0.2) is 0 Å². The number of nitrogens with zero attached hydrogens (tertiary/aromatic N) is 2. The Kier molecular flexibility index (Phi) is 5.30. The standard InChI is InChI=1S/C24H22N4O2/c1-28(12-10-23(25)29)24(30)21-8-7-18-13-17(5-6-19(18)15-21)16-3-2-4-20(14-16)22-9-11-26-27-22/h2-9,11,13-15H,10,12H2,1H3,(H2,25,29)(H,26,27). The Labute approximate surface area is 174 Å². The smallest absolute Gasteiger partial charge is 0.253 e. The number of benzene rings is 3. The summed E-state index contributed by atoms with van der Waals surface area (Å²) in [6, 6.07) is 22.1. The van der Waals surface area contributed by atoms with Crippen molar-refractivity contribution in [3.8, 4) is 22.4 Å². The van der Waals surface area contributed by atoms with E-state index in [0.29, 0.717) is 12.1 Å². The summed E-state index contributed by atoms with van der Waals surface area (Å²) in [7, 11) is 1.67. The molecule has 6 nitrogen and oxygen atoms in total. The van der Waals surface area contributed by atoms with Crippen LogP contribution in [0.15, 0.2) is 72.9 Å². The van der Waals surface area contributed by atoms with Crippen LogP contribution in [-0.2, 0) is 4.79 Å². The fourth-order valence-electron chi connectivity index (χ4n) is 3.44. The molecule has 0 aliphatic heterocycles. The number of primary amides is 1. The van der Waals surface area contributed by atoms with Crippen LogP contribution in [0.5, 0.6) is 0 Å². The van der Waals surface area contributed by atoms with E-state index in [-0.39, 0.29) is 12.3 Å². The molecule has 1 aromatic heterocycles. The Morgan fingerprint density at radius 3 is 2.43 bits per heavy atom. The highest BCUT2D eigenvalue weighted by atomic mass is 16.2. The highest BCUT2D eigenvalue weighted by Crippen LogP contribution is 2.28. The number of aromatic amines is 1. The summed E-state index contributed by atoms with van der Waals surface area (Å²) in [5.74, 6) is -0.549. The first-order chi connectivity index (χ1) is 14.5. The van der Waals surface area contributed by atoms with Crippen LogP contribution in [0, 0.1) is 0 Å². The molecular formula is C24H22N4O2. The van der Waals surface area contributed by atoms with Gasteiger partial charge in [-0.2, -0.15) is 5.10 Å². The molecule has 6 heteroatoms. The van der Waals surface area contributed by atoms with E-state index in [1.165, 1.54) is 4.90 Å². The lowest BCUT2D eigenvalue weighted by molar-refractivity contribution is -0.118. The second-order valence-electron chi connectivity index (χ2n) is 7.27. The summed E-state index contributed by atoms with van der Waals surface area (Å²) in [6.45, 7) is 0.303. The predicted molar refractivity (Wildman–Crippen MR) is 118 cm³/mol. The van der Waals surface area contributed by atoms with E-state index < -0.39 is 5.91 Å². The Morgan fingerprint density at radius 2 is 1.67 bits per heavy atom. The molecule has 4 rings (SSSR count). The minimum Gasteiger partial charge on any atom is -0.370 e. The molecule has 0 aliphatic rings. The normalized spacial score (nSPS) is 10.8. The van der Waals surface area contributed by atoms with Gasteiger partial charge in [-0.1, -0.05) is 36.4 Å². The summed E-state index contributed by atoms with van der Waals surface area (Å²) < 4.78 is 0. The lowest BCUT2D eigenvalue weighted by Gasteiger charge is -2.16. The molecule has 0 saturated heterocycles. The van der Waals surface area contributed by atoms with E-state index >= 15 is 0 Å². The van der Waals surface area contributed by atoms with Gasteiger partial charge in [0.05, 0.1) is 5.69 Å². The van der Waals surface area contributed by atoms with Gasteiger partial charge in [0.2, 0.25) is 5.91 Å². The van der Waals surface area contributed by atoms with Crippen LogP contribution >= 0.6 is 0 Å². The second-order valence-corrected chi connectivity index (χ2v) is 7.27. The zero-order chi connectivity index (χ0) is 21.1. The molecule has 0 saturated carbocycles. The van der Waals surface area contributed by atoms with Crippen molar-refractivity contribution in [3.05, 3.63) is 78.5 Å². The van der Waals surface area contributed by atoms with Crippen molar-refractivity contribution < 1.29 is 9.59 Å². The van der Waals surface area contributed by atoms with Crippen LogP contribution in [0.2, 0.25) is 0 Å². The summed E-state index contributed by atoms with van der Waals surface area (Å²) in [6.07, 6.45) is 1.89. The highest BCUT2D eigenvalue weighted by Gasteiger charge is 2.13. The molecule has 0 bridgehead atoms. The van der Waals surface area contributed by atoms with E-state index in [9.17, 15) is 9.59 Å². The largest absolute Gasteiger partial charge is 0.370 e. The van der Waals surface area contributed by atoms with Gasteiger partial charge in [0.25, 0.3) is 5.91 Å². The average molecular weight is 398 g/mol. The average Bonchev–Trinajstić information content (AvgIpc) is 3.31. The fourth-order valence-corrected chi connectivity index (χ4v) is 3.44. The van der Waals surface area contributed by atoms with E-state index in [0.717, 1.165) is 33.2 Å². The molecule has 0 spiro atoms. The molecule has 0 unspecified atom stereocenters. The maximum Gasteiger partial charge on any atom is 0.253 e. The van der Waals surface area contributed by atoms with Crippen molar-refractivity contribution in [1.29, 1.82) is 0 Å². The van der Waals surface area contributed by atoms with E-state index in [1.54, 1.807) is 13.2 Å². The van der Waals surface area contributed by atoms with Crippen molar-refractivity contribution >= 4 is 22.6 Å². The van der Waals surface area contributed by atoms with Crippen molar-refractivity contribution in [1.82, 2.24) is 15.1 Å². The van der Waals surface area contributed by atoms with Gasteiger partial charge < -0.3 is 10.6 Å². The van der Waals surface area contributed by atoms with E-state index in [1.807, 2.05) is 42.5 Å². The third kappa shape index (κ3) is 4.07. The van der Waals surface area contributed by atoms with Crippen molar-refractivity contribution in [2.45, 2.75) is 6.42 Å². The number of carbonyl (C=O) groups excluding carboxylic acids is 2. The Morgan fingerprint density at radius 1 is 0.933 bits per heavy atom. The number of hydrogen-bond acceptors (Lipinski definition) is 3. The lowest BCUT2D eigenvalue weighted by atomic mass is 9.98. The number of nitrogens with one attached hydrogen (secondary N) is 1. The minimum atomic E-state index is -0.419. The maximum atomic E-state index is 12.6. The third-order valence-corrected chi connectivity index (χ3v) is 5.14. The molecule has 4 aromatic rings. The number of H-pyrrole nitrogens is 1. The number of hydrogen-bond donors (Lipinski definition) is 2. The van der Waals surface area contributed by atoms with Gasteiger partial charge in [-0.15, -0.1) is 0 Å². The molecule has 0 atom stereocenters. The molecular weight excluding hydrogens is 376 g/mol. The van der Waals surface area contributed by atoms with Gasteiger partial charge >= 0.3 is 0 Å². The monoisotopic (exact) mass is 398 g/mol. The zero-order valence-corrected chi connectivity index (χ0v) is 16.6. The number of amides is 2. The Hall–Kier alpha value is -3.93. The molecule has 1 heterocycles. The van der Waals surface area contributed by atoms with Gasteiger partial charge in [0, 0.05) is 37.3 Å². The van der Waals surface area contributed by atoms with Crippen LogP contribution in [0.3, 0.4) is 0 Å². The number of nitrogens with two attached hydrogens (primary N) is 1. The van der Waals surface area contributed by atoms with Gasteiger partial charge in [-0.05, 0) is 52.2 Å². The van der Waals surface area contributed by atoms with Crippen LogP contribution in [0.4, 0.5) is 0 Å². The molecule has 3 N–H and O–H groups in total. The lowest BCUT2D eigenvalue weighted by Crippen LogP contribution is -2.30. The summed E-state index contributed by atoms with van der Waals surface area (Å²) in [5.41, 5.74) is 10.0. The Balaban J connectivity index is 1.60. The van der Waals surface area contributed by atoms with E-state index in [2.05, 4.69) is 34.5 Å². The molecule has 150 valence electrons. The molecule has 0 aliphatic carbocycles. The number of rotatable bonds is 6. The van der Waals surface area contributed by atoms with Crippen molar-refractivity contribution in [3.63, 3.8) is 0 Å². The third-order valence-electron chi connectivity index (χ3n) is 5.14. The fraction of sp³-hybridized carbons (Fsp3) is 0.125. The van der Waals surface area contributed by atoms with Gasteiger partial charge in [0.15, 0.2) is 0 Å². The molecule has 0 fully saturated rings. The van der Waals surface area contributed by atoms with Crippen molar-refractivity contribution in [2.24, 2.45) is 5.73 Å². The highest BCUT2D eigenvalue weighted by molar-refractivity contribution is 5.99. The first-order valence-electron chi connectivity index (χ1n) is 9.69. The summed E-state index contributed by atoms with van der Waals surface area (Å²) in [4.78, 5) is 25.1. The number of aromatic nitrogens is 2. The molecule has 30 heavy (non-hydrogen) atoms. The second kappa shape index (κ2) is 8.21. The molecule has 3 aromatic carbocycles. The van der Waals surface area contributed by atoms with Crippen LogP contribution < -0.4 is 5.73 Å². The van der Waals surface area contributed by atoms with Crippen molar-refractivity contribution in [2.75, 3.05) is 13.6 Å². The van der Waals surface area contributed by atoms with Gasteiger partial charge in [-0.3, -0.25) is 14.7 Å². The summed E-state index contributed by atoms with van der Waals surface area (Å²) in [5, 5.41) is 9.04. The summed E-state index contributed by atoms with van der Waals surface area (Å²) >= 11 is 0. The maximum absolute atomic E-state index is 12.6. The van der Waals surface area contributed by atoms with Gasteiger partial charge in [0.1, 0.15) is 0 Å². The first kappa shape index (κ1) is 19.4. The quantitative estimate of drug-likeness (QED) is 0.517.